The predicted molar refractivity (Wildman–Crippen MR) is 69.8 cm³/mol. The highest BCUT2D eigenvalue weighted by Crippen LogP contribution is 2.50. The molecular formula is C12H6BrClOS. The molecule has 0 saturated carbocycles. The highest BCUT2D eigenvalue weighted by molar-refractivity contribution is 9.10. The Morgan fingerprint density at radius 3 is 2.81 bits per heavy atom. The zero-order valence-electron chi connectivity index (χ0n) is 8.04. The fourth-order valence-corrected chi connectivity index (χ4v) is 3.67. The number of para-hydroxylation sites is 1. The molecule has 0 N–H and O–H groups in total. The van der Waals surface area contributed by atoms with E-state index in [-0.39, 0.29) is 0 Å². The second-order valence-electron chi connectivity index (χ2n) is 3.37. The van der Waals surface area contributed by atoms with Gasteiger partial charge in [0, 0.05) is 5.02 Å². The van der Waals surface area contributed by atoms with Crippen molar-refractivity contribution in [2.45, 2.75) is 9.79 Å². The van der Waals surface area contributed by atoms with E-state index in [0.717, 1.165) is 25.8 Å². The third-order valence-electron chi connectivity index (χ3n) is 2.26. The lowest BCUT2D eigenvalue weighted by Gasteiger charge is -2.20. The number of benzene rings is 2. The molecule has 0 fully saturated rings. The van der Waals surface area contributed by atoms with Gasteiger partial charge < -0.3 is 4.74 Å². The largest absolute Gasteiger partial charge is 0.454 e. The van der Waals surface area contributed by atoms with Gasteiger partial charge in [-0.05, 0) is 40.2 Å². The summed E-state index contributed by atoms with van der Waals surface area (Å²) in [5, 5.41) is 0.709. The lowest BCUT2D eigenvalue weighted by atomic mass is 10.3. The predicted octanol–water partition coefficient (Wildman–Crippen LogP) is 5.36. The Labute approximate surface area is 111 Å². The molecular weight excluding hydrogens is 308 g/mol. The zero-order valence-corrected chi connectivity index (χ0v) is 11.2. The summed E-state index contributed by atoms with van der Waals surface area (Å²) in [6, 6.07) is 11.7. The minimum absolute atomic E-state index is 0.709. The molecule has 1 heterocycles. The van der Waals surface area contributed by atoms with Crippen LogP contribution in [0, 0.1) is 0 Å². The van der Waals surface area contributed by atoms with E-state index in [1.807, 2.05) is 36.4 Å². The van der Waals surface area contributed by atoms with Gasteiger partial charge in [0.15, 0.2) is 5.75 Å². The van der Waals surface area contributed by atoms with Gasteiger partial charge in [-0.15, -0.1) is 0 Å². The Bertz CT molecular complexity index is 571. The molecule has 0 unspecified atom stereocenters. The van der Waals surface area contributed by atoms with Gasteiger partial charge in [-0.1, -0.05) is 35.5 Å². The van der Waals surface area contributed by atoms with Crippen LogP contribution in [0.2, 0.25) is 5.02 Å². The number of fused-ring (bicyclic) bond motifs is 2. The maximum absolute atomic E-state index is 6.01. The van der Waals surface area contributed by atoms with Crippen molar-refractivity contribution in [3.8, 4) is 11.5 Å². The molecule has 1 aliphatic heterocycles. The van der Waals surface area contributed by atoms with E-state index in [2.05, 4.69) is 15.9 Å². The van der Waals surface area contributed by atoms with Crippen molar-refractivity contribution < 1.29 is 4.74 Å². The monoisotopic (exact) mass is 312 g/mol. The summed E-state index contributed by atoms with van der Waals surface area (Å²) < 4.78 is 6.72. The summed E-state index contributed by atoms with van der Waals surface area (Å²) in [6.45, 7) is 0. The molecule has 80 valence electrons. The Morgan fingerprint density at radius 1 is 1.12 bits per heavy atom. The first-order valence-electron chi connectivity index (χ1n) is 4.68. The summed E-state index contributed by atoms with van der Waals surface area (Å²) in [7, 11) is 0. The Morgan fingerprint density at radius 2 is 1.94 bits per heavy atom. The molecule has 1 aliphatic rings. The van der Waals surface area contributed by atoms with E-state index in [4.69, 9.17) is 16.3 Å². The van der Waals surface area contributed by atoms with Crippen molar-refractivity contribution in [3.63, 3.8) is 0 Å². The van der Waals surface area contributed by atoms with Crippen molar-refractivity contribution in [1.29, 1.82) is 0 Å². The summed E-state index contributed by atoms with van der Waals surface area (Å²) >= 11 is 11.1. The van der Waals surface area contributed by atoms with Gasteiger partial charge in [-0.25, -0.2) is 0 Å². The molecule has 0 aliphatic carbocycles. The number of rotatable bonds is 0. The SMILES string of the molecule is Clc1cc(Br)c2c(c1)Sc1ccccc1O2. The Balaban J connectivity index is 2.15. The summed E-state index contributed by atoms with van der Waals surface area (Å²) in [5.74, 6) is 1.73. The fourth-order valence-electron chi connectivity index (χ4n) is 1.56. The first kappa shape index (κ1) is 10.5. The van der Waals surface area contributed by atoms with Crippen LogP contribution in [0.5, 0.6) is 11.5 Å². The molecule has 0 atom stereocenters. The molecule has 4 heteroatoms. The molecule has 16 heavy (non-hydrogen) atoms. The normalized spacial score (nSPS) is 12.6. The van der Waals surface area contributed by atoms with E-state index in [0.29, 0.717) is 5.02 Å². The van der Waals surface area contributed by atoms with Gasteiger partial charge in [0.1, 0.15) is 5.75 Å². The molecule has 0 saturated heterocycles. The van der Waals surface area contributed by atoms with Crippen molar-refractivity contribution in [3.05, 3.63) is 45.9 Å². The maximum atomic E-state index is 6.01. The highest BCUT2D eigenvalue weighted by atomic mass is 79.9. The zero-order chi connectivity index (χ0) is 11.1. The van der Waals surface area contributed by atoms with Crippen molar-refractivity contribution in [2.75, 3.05) is 0 Å². The van der Waals surface area contributed by atoms with Gasteiger partial charge in [0.05, 0.1) is 14.3 Å². The summed E-state index contributed by atoms with van der Waals surface area (Å²) in [5.41, 5.74) is 0. The number of hydrogen-bond donors (Lipinski definition) is 0. The Kier molecular flexibility index (Phi) is 2.62. The lowest BCUT2D eigenvalue weighted by Crippen LogP contribution is -1.95. The summed E-state index contributed by atoms with van der Waals surface area (Å²) in [6.07, 6.45) is 0. The highest BCUT2D eigenvalue weighted by Gasteiger charge is 2.20. The second kappa shape index (κ2) is 3.99. The molecule has 0 spiro atoms. The van der Waals surface area contributed by atoms with Crippen LogP contribution in [-0.4, -0.2) is 0 Å². The number of ether oxygens (including phenoxy) is 1. The molecule has 2 aromatic rings. The van der Waals surface area contributed by atoms with E-state index in [1.165, 1.54) is 0 Å². The number of halogens is 2. The third kappa shape index (κ3) is 1.73. The first-order valence-corrected chi connectivity index (χ1v) is 6.66. The van der Waals surface area contributed by atoms with Crippen LogP contribution in [0.1, 0.15) is 0 Å². The van der Waals surface area contributed by atoms with Crippen molar-refractivity contribution in [1.82, 2.24) is 0 Å². The second-order valence-corrected chi connectivity index (χ2v) is 5.74. The van der Waals surface area contributed by atoms with Crippen LogP contribution in [0.15, 0.2) is 50.7 Å². The third-order valence-corrected chi connectivity index (χ3v) is 4.14. The molecule has 0 aromatic heterocycles. The molecule has 3 rings (SSSR count). The fraction of sp³-hybridized carbons (Fsp3) is 0. The number of hydrogen-bond acceptors (Lipinski definition) is 2. The molecule has 0 bridgehead atoms. The van der Waals surface area contributed by atoms with Crippen LogP contribution in [0.3, 0.4) is 0 Å². The quantitative estimate of drug-likeness (QED) is 0.552. The molecule has 0 radical (unpaired) electrons. The van der Waals surface area contributed by atoms with Crippen molar-refractivity contribution >= 4 is 39.3 Å². The molecule has 2 aromatic carbocycles. The van der Waals surface area contributed by atoms with E-state index in [1.54, 1.807) is 11.8 Å². The molecule has 0 amide bonds. The van der Waals surface area contributed by atoms with Gasteiger partial charge in [-0.3, -0.25) is 0 Å². The van der Waals surface area contributed by atoms with Crippen LogP contribution < -0.4 is 4.74 Å². The van der Waals surface area contributed by atoms with E-state index in [9.17, 15) is 0 Å². The van der Waals surface area contributed by atoms with Gasteiger partial charge in [-0.2, -0.15) is 0 Å². The standard InChI is InChI=1S/C12H6BrClOS/c13-8-5-7(14)6-11-12(8)15-9-3-1-2-4-10(9)16-11/h1-6H. The maximum Gasteiger partial charge on any atom is 0.155 e. The van der Waals surface area contributed by atoms with E-state index >= 15 is 0 Å². The lowest BCUT2D eigenvalue weighted by molar-refractivity contribution is 0.451. The first-order chi connectivity index (χ1) is 7.74. The van der Waals surface area contributed by atoms with Crippen molar-refractivity contribution in [2.24, 2.45) is 0 Å². The van der Waals surface area contributed by atoms with Crippen LogP contribution >= 0.6 is 39.3 Å². The topological polar surface area (TPSA) is 9.23 Å². The van der Waals surface area contributed by atoms with Crippen LogP contribution in [0.4, 0.5) is 0 Å². The minimum Gasteiger partial charge on any atom is -0.454 e. The van der Waals surface area contributed by atoms with Gasteiger partial charge in [0.25, 0.3) is 0 Å². The van der Waals surface area contributed by atoms with Crippen LogP contribution in [0.25, 0.3) is 0 Å². The van der Waals surface area contributed by atoms with Gasteiger partial charge >= 0.3 is 0 Å². The Hall–Kier alpha value is -0.640. The summed E-state index contributed by atoms with van der Waals surface area (Å²) in [4.78, 5) is 2.15. The average Bonchev–Trinajstić information content (AvgIpc) is 2.27. The minimum atomic E-state index is 0.709. The molecule has 1 nitrogen and oxygen atoms in total. The average molecular weight is 314 g/mol. The smallest absolute Gasteiger partial charge is 0.155 e. The van der Waals surface area contributed by atoms with Gasteiger partial charge in [0.2, 0.25) is 0 Å². The van der Waals surface area contributed by atoms with E-state index < -0.39 is 0 Å². The van der Waals surface area contributed by atoms with Crippen LogP contribution in [-0.2, 0) is 0 Å².